The summed E-state index contributed by atoms with van der Waals surface area (Å²) in [6.07, 6.45) is 6.48. The Hall–Kier alpha value is -1.89. The molecule has 27 heavy (non-hydrogen) atoms. The number of aromatic nitrogens is 2. The number of hydrogen-bond acceptors (Lipinski definition) is 6. The molecular weight excluding hydrogens is 342 g/mol. The van der Waals surface area contributed by atoms with Gasteiger partial charge in [0.05, 0.1) is 12.2 Å². The summed E-state index contributed by atoms with van der Waals surface area (Å²) in [6.45, 7) is 5.49. The quantitative estimate of drug-likeness (QED) is 0.796. The molecule has 0 unspecified atom stereocenters. The van der Waals surface area contributed by atoms with Gasteiger partial charge in [-0.1, -0.05) is 33.1 Å². The number of methoxy groups -OCH3 is 1. The highest BCUT2D eigenvalue weighted by atomic mass is 16.5. The van der Waals surface area contributed by atoms with Crippen LogP contribution in [0.5, 0.6) is 0 Å². The average Bonchev–Trinajstić information content (AvgIpc) is 3.14. The molecule has 1 atom stereocenters. The second-order valence-electron chi connectivity index (χ2n) is 8.06. The van der Waals surface area contributed by atoms with E-state index in [1.165, 1.54) is 19.3 Å². The maximum atomic E-state index is 13.0. The standard InChI is InChI=1S/C20H33N5O2/c1-14(2)16-12-17(24-19(21-3)23-16)25-11-10-20(13-25,27-4)18(26)22-15-8-6-5-7-9-15/h12,14-15H,5-11,13H2,1-4H3,(H,22,26)(H,21,23,24)/t20-/m0/s1. The number of amides is 1. The molecule has 1 aromatic heterocycles. The van der Waals surface area contributed by atoms with E-state index in [1.54, 1.807) is 7.11 Å². The Kier molecular flexibility index (Phi) is 6.19. The zero-order chi connectivity index (χ0) is 19.4. The second-order valence-corrected chi connectivity index (χ2v) is 8.06. The molecule has 2 N–H and O–H groups in total. The molecule has 7 nitrogen and oxygen atoms in total. The number of nitrogens with one attached hydrogen (secondary N) is 2. The lowest BCUT2D eigenvalue weighted by Gasteiger charge is -2.31. The van der Waals surface area contributed by atoms with E-state index in [1.807, 2.05) is 13.1 Å². The van der Waals surface area contributed by atoms with Gasteiger partial charge in [0.15, 0.2) is 5.60 Å². The number of carbonyl (C=O) groups excluding carboxylic acids is 1. The first-order chi connectivity index (χ1) is 13.0. The van der Waals surface area contributed by atoms with Crippen molar-refractivity contribution in [3.05, 3.63) is 11.8 Å². The van der Waals surface area contributed by atoms with Crippen LogP contribution in [-0.4, -0.2) is 54.8 Å². The van der Waals surface area contributed by atoms with E-state index in [2.05, 4.69) is 39.3 Å². The lowest BCUT2D eigenvalue weighted by Crippen LogP contribution is -2.53. The highest BCUT2D eigenvalue weighted by Crippen LogP contribution is 2.31. The maximum absolute atomic E-state index is 13.0. The van der Waals surface area contributed by atoms with Crippen LogP contribution in [0.15, 0.2) is 6.07 Å². The first kappa shape index (κ1) is 19.9. The van der Waals surface area contributed by atoms with E-state index in [4.69, 9.17) is 4.74 Å². The molecule has 0 spiro atoms. The van der Waals surface area contributed by atoms with Crippen molar-refractivity contribution in [1.82, 2.24) is 15.3 Å². The summed E-state index contributed by atoms with van der Waals surface area (Å²) in [4.78, 5) is 24.3. The highest BCUT2D eigenvalue weighted by Gasteiger charge is 2.46. The molecule has 1 amide bonds. The van der Waals surface area contributed by atoms with Gasteiger partial charge >= 0.3 is 0 Å². The lowest BCUT2D eigenvalue weighted by molar-refractivity contribution is -0.142. The molecule has 2 fully saturated rings. The van der Waals surface area contributed by atoms with Gasteiger partial charge in [-0.25, -0.2) is 4.98 Å². The molecule has 1 saturated heterocycles. The van der Waals surface area contributed by atoms with E-state index < -0.39 is 5.60 Å². The van der Waals surface area contributed by atoms with Gasteiger partial charge in [0.2, 0.25) is 5.95 Å². The van der Waals surface area contributed by atoms with Gasteiger partial charge in [0.1, 0.15) is 5.82 Å². The topological polar surface area (TPSA) is 79.4 Å². The monoisotopic (exact) mass is 375 g/mol. The number of rotatable bonds is 6. The van der Waals surface area contributed by atoms with Gasteiger partial charge in [-0.2, -0.15) is 4.98 Å². The first-order valence-corrected chi connectivity index (χ1v) is 10.1. The maximum Gasteiger partial charge on any atom is 0.254 e. The minimum atomic E-state index is -0.805. The van der Waals surface area contributed by atoms with Crippen molar-refractivity contribution in [2.45, 2.75) is 69.9 Å². The van der Waals surface area contributed by atoms with Crippen molar-refractivity contribution in [1.29, 1.82) is 0 Å². The van der Waals surface area contributed by atoms with Crippen molar-refractivity contribution in [2.24, 2.45) is 0 Å². The van der Waals surface area contributed by atoms with Crippen molar-refractivity contribution < 1.29 is 9.53 Å². The fourth-order valence-corrected chi connectivity index (χ4v) is 4.01. The highest BCUT2D eigenvalue weighted by molar-refractivity contribution is 5.87. The second kappa shape index (κ2) is 8.42. The zero-order valence-electron chi connectivity index (χ0n) is 17.0. The Labute approximate surface area is 162 Å². The van der Waals surface area contributed by atoms with Gasteiger partial charge < -0.3 is 20.3 Å². The molecule has 150 valence electrons. The summed E-state index contributed by atoms with van der Waals surface area (Å²) in [5.74, 6) is 1.79. The van der Waals surface area contributed by atoms with Crippen LogP contribution in [0.1, 0.15) is 64.0 Å². The molecule has 1 aliphatic heterocycles. The van der Waals surface area contributed by atoms with Gasteiger partial charge in [-0.3, -0.25) is 4.79 Å². The molecule has 3 rings (SSSR count). The Morgan fingerprint density at radius 3 is 2.67 bits per heavy atom. The van der Waals surface area contributed by atoms with Crippen LogP contribution in [0, 0.1) is 0 Å². The number of ether oxygens (including phenoxy) is 1. The third kappa shape index (κ3) is 4.34. The minimum Gasteiger partial charge on any atom is -0.366 e. The van der Waals surface area contributed by atoms with Gasteiger partial charge in [0.25, 0.3) is 5.91 Å². The molecule has 2 heterocycles. The van der Waals surface area contributed by atoms with E-state index in [-0.39, 0.29) is 11.9 Å². The lowest BCUT2D eigenvalue weighted by atomic mass is 9.94. The molecule has 0 aromatic carbocycles. The van der Waals surface area contributed by atoms with Crippen molar-refractivity contribution in [3.8, 4) is 0 Å². The summed E-state index contributed by atoms with van der Waals surface area (Å²) in [6, 6.07) is 2.31. The average molecular weight is 376 g/mol. The van der Waals surface area contributed by atoms with Crippen molar-refractivity contribution in [2.75, 3.05) is 37.5 Å². The van der Waals surface area contributed by atoms with E-state index in [0.717, 1.165) is 30.9 Å². The van der Waals surface area contributed by atoms with E-state index in [9.17, 15) is 4.79 Å². The van der Waals surface area contributed by atoms with Crippen LogP contribution in [0.2, 0.25) is 0 Å². The van der Waals surface area contributed by atoms with Gasteiger partial charge in [-0.15, -0.1) is 0 Å². The predicted octanol–water partition coefficient (Wildman–Crippen LogP) is 2.69. The fourth-order valence-electron chi connectivity index (χ4n) is 4.01. The smallest absolute Gasteiger partial charge is 0.254 e. The summed E-state index contributed by atoms with van der Waals surface area (Å²) in [5.41, 5.74) is 0.186. The normalized spacial score (nSPS) is 23.7. The third-order valence-corrected chi connectivity index (χ3v) is 5.85. The van der Waals surface area contributed by atoms with E-state index >= 15 is 0 Å². The first-order valence-electron chi connectivity index (χ1n) is 10.1. The largest absolute Gasteiger partial charge is 0.366 e. The van der Waals surface area contributed by atoms with Crippen molar-refractivity contribution in [3.63, 3.8) is 0 Å². The van der Waals surface area contributed by atoms with Crippen molar-refractivity contribution >= 4 is 17.7 Å². The number of anilines is 2. The molecule has 1 saturated carbocycles. The predicted molar refractivity (Wildman–Crippen MR) is 107 cm³/mol. The Morgan fingerprint density at radius 2 is 2.04 bits per heavy atom. The number of carbonyl (C=O) groups is 1. The minimum absolute atomic E-state index is 0.0198. The summed E-state index contributed by atoms with van der Waals surface area (Å²) in [7, 11) is 3.47. The van der Waals surface area contributed by atoms with Crippen LogP contribution in [0.4, 0.5) is 11.8 Å². The zero-order valence-corrected chi connectivity index (χ0v) is 17.0. The summed E-state index contributed by atoms with van der Waals surface area (Å²) < 4.78 is 5.78. The van der Waals surface area contributed by atoms with Crippen LogP contribution >= 0.6 is 0 Å². The van der Waals surface area contributed by atoms with Crippen LogP contribution in [0.3, 0.4) is 0 Å². The Morgan fingerprint density at radius 1 is 1.30 bits per heavy atom. The third-order valence-electron chi connectivity index (χ3n) is 5.85. The van der Waals surface area contributed by atoms with Gasteiger partial charge in [-0.05, 0) is 18.8 Å². The molecule has 1 aromatic rings. The summed E-state index contributed by atoms with van der Waals surface area (Å²) >= 11 is 0. The van der Waals surface area contributed by atoms with E-state index in [0.29, 0.717) is 24.8 Å². The van der Waals surface area contributed by atoms with Gasteiger partial charge in [0, 0.05) is 39.2 Å². The van der Waals surface area contributed by atoms with Crippen LogP contribution in [-0.2, 0) is 9.53 Å². The molecule has 1 aliphatic carbocycles. The molecular formula is C20H33N5O2. The van der Waals surface area contributed by atoms with Crippen LogP contribution in [0.25, 0.3) is 0 Å². The van der Waals surface area contributed by atoms with Crippen LogP contribution < -0.4 is 15.5 Å². The number of nitrogens with zero attached hydrogens (tertiary/aromatic N) is 3. The Balaban J connectivity index is 1.75. The molecule has 0 radical (unpaired) electrons. The molecule has 7 heteroatoms. The molecule has 2 aliphatic rings. The fraction of sp³-hybridized carbons (Fsp3) is 0.750. The summed E-state index contributed by atoms with van der Waals surface area (Å²) in [5, 5.41) is 6.28. The SMILES string of the molecule is CNc1nc(C(C)C)cc(N2CC[C@@](OC)(C(=O)NC3CCCCC3)C2)n1. The molecule has 0 bridgehead atoms. The Bertz CT molecular complexity index is 660. The number of hydrogen-bond donors (Lipinski definition) is 2.